The van der Waals surface area contributed by atoms with Crippen molar-refractivity contribution in [1.82, 2.24) is 19.5 Å². The molecule has 0 radical (unpaired) electrons. The summed E-state index contributed by atoms with van der Waals surface area (Å²) in [5, 5.41) is 6.06. The van der Waals surface area contributed by atoms with E-state index in [0.29, 0.717) is 16.2 Å². The number of rotatable bonds is 5. The van der Waals surface area contributed by atoms with Gasteiger partial charge in [0.2, 0.25) is 5.95 Å². The Hall–Kier alpha value is -3.75. The Morgan fingerprint density at radius 2 is 1.88 bits per heavy atom. The quantitative estimate of drug-likeness (QED) is 0.333. The Morgan fingerprint density at radius 3 is 2.62 bits per heavy atom. The van der Waals surface area contributed by atoms with Crippen LogP contribution in [0.5, 0.6) is 0 Å². The molecule has 0 aliphatic rings. The molecule has 0 saturated heterocycles. The third-order valence-electron chi connectivity index (χ3n) is 5.53. The average Bonchev–Trinajstić information content (AvgIpc) is 3.25. The highest BCUT2D eigenvalue weighted by Crippen LogP contribution is 2.33. The zero-order valence-electron chi connectivity index (χ0n) is 18.5. The van der Waals surface area contributed by atoms with E-state index in [1.807, 2.05) is 62.4 Å². The zero-order chi connectivity index (χ0) is 23.8. The minimum Gasteiger partial charge on any atom is -0.368 e. The lowest BCUT2D eigenvalue weighted by atomic mass is 10.1. The van der Waals surface area contributed by atoms with Crippen molar-refractivity contribution in [2.45, 2.75) is 19.9 Å². The number of aryl methyl sites for hydroxylation is 1. The van der Waals surface area contributed by atoms with Crippen LogP contribution in [0.2, 0.25) is 5.02 Å². The lowest BCUT2D eigenvalue weighted by molar-refractivity contribution is 0.773. The van der Waals surface area contributed by atoms with Gasteiger partial charge >= 0.3 is 0 Å². The standard InChI is InChI=1S/C25H21ClN6OS/c1-14(30-23-18(12-29-25(27)31-23)21-13-28-15(2)34-21)20-11-16-7-6-10-19(26)22(16)24(33)32(20)17-8-4-3-5-9-17/h3-14H,1-2H3,(H3,27,29,30,31)/t14-/m0/s1. The molecule has 5 rings (SSSR count). The highest BCUT2D eigenvalue weighted by atomic mass is 35.5. The van der Waals surface area contributed by atoms with Crippen molar-refractivity contribution < 1.29 is 0 Å². The van der Waals surface area contributed by atoms with Crippen LogP contribution in [0.1, 0.15) is 23.7 Å². The van der Waals surface area contributed by atoms with Crippen LogP contribution < -0.4 is 16.6 Å². The molecule has 0 fully saturated rings. The molecule has 7 nitrogen and oxygen atoms in total. The highest BCUT2D eigenvalue weighted by Gasteiger charge is 2.20. The van der Waals surface area contributed by atoms with Crippen molar-refractivity contribution in [3.63, 3.8) is 0 Å². The number of pyridine rings is 1. The molecule has 0 amide bonds. The number of nitrogens with one attached hydrogen (secondary N) is 1. The van der Waals surface area contributed by atoms with Crippen LogP contribution in [-0.4, -0.2) is 19.5 Å². The van der Waals surface area contributed by atoms with Gasteiger partial charge in [0.1, 0.15) is 5.82 Å². The molecular weight excluding hydrogens is 468 g/mol. The number of fused-ring (bicyclic) bond motifs is 1. The van der Waals surface area contributed by atoms with Crippen LogP contribution in [0.25, 0.3) is 26.9 Å². The van der Waals surface area contributed by atoms with Crippen LogP contribution in [0.3, 0.4) is 0 Å². The third-order valence-corrected chi connectivity index (χ3v) is 6.79. The predicted molar refractivity (Wildman–Crippen MR) is 139 cm³/mol. The summed E-state index contributed by atoms with van der Waals surface area (Å²) in [6.07, 6.45) is 3.48. The van der Waals surface area contributed by atoms with E-state index in [2.05, 4.69) is 20.3 Å². The molecule has 34 heavy (non-hydrogen) atoms. The van der Waals surface area contributed by atoms with Gasteiger partial charge in [-0.25, -0.2) is 9.97 Å². The lowest BCUT2D eigenvalue weighted by Crippen LogP contribution is -2.26. The third kappa shape index (κ3) is 4.02. The monoisotopic (exact) mass is 488 g/mol. The molecule has 3 heterocycles. The summed E-state index contributed by atoms with van der Waals surface area (Å²) in [5.74, 6) is 0.729. The number of halogens is 1. The molecule has 0 spiro atoms. The van der Waals surface area contributed by atoms with Gasteiger partial charge in [-0.1, -0.05) is 41.9 Å². The van der Waals surface area contributed by atoms with Crippen LogP contribution in [0.15, 0.2) is 71.8 Å². The number of para-hydroxylation sites is 1. The second-order valence-corrected chi connectivity index (χ2v) is 9.49. The van der Waals surface area contributed by atoms with E-state index in [9.17, 15) is 4.79 Å². The minimum atomic E-state index is -0.307. The Balaban J connectivity index is 1.67. The number of thiazole rings is 1. The summed E-state index contributed by atoms with van der Waals surface area (Å²) in [6, 6.07) is 16.6. The van der Waals surface area contributed by atoms with E-state index in [0.717, 1.165) is 32.2 Å². The van der Waals surface area contributed by atoms with Crippen molar-refractivity contribution in [2.24, 2.45) is 0 Å². The van der Waals surface area contributed by atoms with Gasteiger partial charge in [0.25, 0.3) is 5.56 Å². The van der Waals surface area contributed by atoms with Gasteiger partial charge < -0.3 is 11.1 Å². The summed E-state index contributed by atoms with van der Waals surface area (Å²) in [6.45, 7) is 3.92. The molecule has 1 atom stereocenters. The molecule has 5 aromatic rings. The smallest absolute Gasteiger partial charge is 0.264 e. The van der Waals surface area contributed by atoms with Crippen molar-refractivity contribution in [3.05, 3.63) is 93.1 Å². The fraction of sp³-hybridized carbons (Fsp3) is 0.120. The van der Waals surface area contributed by atoms with Crippen LogP contribution in [0, 0.1) is 6.92 Å². The van der Waals surface area contributed by atoms with Gasteiger partial charge in [-0.15, -0.1) is 11.3 Å². The second kappa shape index (κ2) is 8.89. The largest absolute Gasteiger partial charge is 0.368 e. The van der Waals surface area contributed by atoms with Crippen LogP contribution in [0.4, 0.5) is 11.8 Å². The Labute approximate surface area is 204 Å². The molecule has 0 aliphatic heterocycles. The fourth-order valence-electron chi connectivity index (χ4n) is 3.95. The number of aromatic nitrogens is 4. The summed E-state index contributed by atoms with van der Waals surface area (Å²) >= 11 is 7.97. The Bertz CT molecular complexity index is 1560. The highest BCUT2D eigenvalue weighted by molar-refractivity contribution is 7.15. The van der Waals surface area contributed by atoms with Gasteiger partial charge in [0.15, 0.2) is 0 Å². The topological polar surface area (TPSA) is 98.7 Å². The average molecular weight is 489 g/mol. The molecule has 9 heteroatoms. The molecule has 170 valence electrons. The number of nitrogens with two attached hydrogens (primary N) is 1. The number of benzene rings is 2. The maximum Gasteiger partial charge on any atom is 0.264 e. The van der Waals surface area contributed by atoms with Gasteiger partial charge in [-0.3, -0.25) is 9.36 Å². The predicted octanol–water partition coefficient (Wildman–Crippen LogP) is 5.62. The lowest BCUT2D eigenvalue weighted by Gasteiger charge is -2.22. The van der Waals surface area contributed by atoms with Crippen molar-refractivity contribution in [2.75, 3.05) is 11.1 Å². The maximum absolute atomic E-state index is 13.7. The first-order valence-electron chi connectivity index (χ1n) is 10.6. The molecular formula is C25H21ClN6OS. The molecule has 0 saturated carbocycles. The Kier molecular flexibility index (Phi) is 5.77. The SMILES string of the molecule is Cc1ncc(-c2cnc(N)nc2N[C@@H](C)c2cc3cccc(Cl)c3c(=O)n2-c2ccccc2)s1. The van der Waals surface area contributed by atoms with Crippen molar-refractivity contribution >= 4 is 45.5 Å². The van der Waals surface area contributed by atoms with Gasteiger partial charge in [-0.2, -0.15) is 4.98 Å². The number of nitrogen functional groups attached to an aromatic ring is 1. The Morgan fingerprint density at radius 1 is 1.09 bits per heavy atom. The van der Waals surface area contributed by atoms with Gasteiger partial charge in [0, 0.05) is 23.8 Å². The molecule has 3 aromatic heterocycles. The van der Waals surface area contributed by atoms with E-state index in [1.54, 1.807) is 34.4 Å². The fourth-order valence-corrected chi connectivity index (χ4v) is 5.00. The summed E-state index contributed by atoms with van der Waals surface area (Å²) in [7, 11) is 0. The first kappa shape index (κ1) is 22.1. The summed E-state index contributed by atoms with van der Waals surface area (Å²) < 4.78 is 1.69. The first-order valence-corrected chi connectivity index (χ1v) is 11.8. The number of hydrogen-bond donors (Lipinski definition) is 2. The van der Waals surface area contributed by atoms with Gasteiger partial charge in [-0.05, 0) is 43.5 Å². The van der Waals surface area contributed by atoms with Gasteiger partial charge in [0.05, 0.1) is 31.9 Å². The first-order chi connectivity index (χ1) is 16.4. The number of anilines is 2. The zero-order valence-corrected chi connectivity index (χ0v) is 20.1. The molecule has 2 aromatic carbocycles. The number of hydrogen-bond acceptors (Lipinski definition) is 7. The second-order valence-electron chi connectivity index (χ2n) is 7.85. The maximum atomic E-state index is 13.7. The molecule has 3 N–H and O–H groups in total. The number of nitrogens with zero attached hydrogens (tertiary/aromatic N) is 4. The molecule has 0 unspecified atom stereocenters. The van der Waals surface area contributed by atoms with E-state index < -0.39 is 0 Å². The van der Waals surface area contributed by atoms with E-state index in [1.165, 1.54) is 0 Å². The van der Waals surface area contributed by atoms with E-state index in [-0.39, 0.29) is 17.5 Å². The summed E-state index contributed by atoms with van der Waals surface area (Å²) in [4.78, 5) is 27.6. The normalized spacial score (nSPS) is 12.1. The molecule has 0 bridgehead atoms. The van der Waals surface area contributed by atoms with E-state index in [4.69, 9.17) is 17.3 Å². The minimum absolute atomic E-state index is 0.158. The van der Waals surface area contributed by atoms with E-state index >= 15 is 0 Å². The van der Waals surface area contributed by atoms with Crippen molar-refractivity contribution in [3.8, 4) is 16.1 Å². The van der Waals surface area contributed by atoms with Crippen LogP contribution in [-0.2, 0) is 0 Å². The molecule has 0 aliphatic carbocycles. The summed E-state index contributed by atoms with van der Waals surface area (Å²) in [5.41, 5.74) is 8.04. The van der Waals surface area contributed by atoms with Crippen LogP contribution >= 0.6 is 22.9 Å². The van der Waals surface area contributed by atoms with Crippen molar-refractivity contribution in [1.29, 1.82) is 0 Å².